The van der Waals surface area contributed by atoms with Crippen molar-refractivity contribution in [2.24, 2.45) is 0 Å². The maximum Gasteiger partial charge on any atom is 0.274 e. The molecule has 3 fully saturated rings. The molecule has 0 radical (unpaired) electrons. The number of hydrogen-bond donors (Lipinski definition) is 1. The molecule has 1 N–H and O–H groups in total. The van der Waals surface area contributed by atoms with Crippen LogP contribution in [0.2, 0.25) is 0 Å². The quantitative estimate of drug-likeness (QED) is 0.708. The number of amides is 3. The molecule has 4 aliphatic rings. The monoisotopic (exact) mass is 484 g/mol. The van der Waals surface area contributed by atoms with Crippen molar-refractivity contribution >= 4 is 17.7 Å². The van der Waals surface area contributed by atoms with Crippen LogP contribution in [-0.4, -0.2) is 93.1 Å². The first kappa shape index (κ1) is 24.3. The van der Waals surface area contributed by atoms with Crippen LogP contribution in [0.15, 0.2) is 6.07 Å². The summed E-state index contributed by atoms with van der Waals surface area (Å²) < 4.78 is 1.56. The lowest BCUT2D eigenvalue weighted by Crippen LogP contribution is -2.63. The van der Waals surface area contributed by atoms with Crippen molar-refractivity contribution in [2.45, 2.75) is 95.3 Å². The Kier molecular flexibility index (Phi) is 6.88. The van der Waals surface area contributed by atoms with Crippen molar-refractivity contribution in [2.75, 3.05) is 33.2 Å². The van der Waals surface area contributed by atoms with E-state index in [0.717, 1.165) is 38.8 Å². The highest BCUT2D eigenvalue weighted by Gasteiger charge is 2.47. The molecule has 1 saturated heterocycles. The molecular weight excluding hydrogens is 444 g/mol. The number of carbonyl (C=O) groups excluding carboxylic acids is 3. The van der Waals surface area contributed by atoms with Crippen LogP contribution in [0.25, 0.3) is 0 Å². The summed E-state index contributed by atoms with van der Waals surface area (Å²) in [4.78, 5) is 45.7. The molecule has 0 bridgehead atoms. The molecular formula is C26H40N6O3. The lowest BCUT2D eigenvalue weighted by Gasteiger charge is -2.42. The molecule has 0 unspecified atom stereocenters. The minimum Gasteiger partial charge on any atom is -0.351 e. The van der Waals surface area contributed by atoms with Gasteiger partial charge in [0.05, 0.1) is 6.54 Å². The molecule has 35 heavy (non-hydrogen) atoms. The van der Waals surface area contributed by atoms with Gasteiger partial charge in [0, 0.05) is 51.4 Å². The van der Waals surface area contributed by atoms with E-state index < -0.39 is 5.54 Å². The van der Waals surface area contributed by atoms with E-state index in [2.05, 4.69) is 15.3 Å². The molecule has 1 aromatic heterocycles. The molecule has 3 heterocycles. The Labute approximate surface area is 208 Å². The van der Waals surface area contributed by atoms with Crippen LogP contribution in [0.3, 0.4) is 0 Å². The second kappa shape index (κ2) is 9.91. The number of nitrogens with one attached hydrogen (secondary N) is 1. The molecule has 192 valence electrons. The summed E-state index contributed by atoms with van der Waals surface area (Å²) in [6.07, 6.45) is 11.9. The van der Waals surface area contributed by atoms with Gasteiger partial charge < -0.3 is 15.1 Å². The minimum atomic E-state index is -1.04. The van der Waals surface area contributed by atoms with Gasteiger partial charge in [0.25, 0.3) is 11.8 Å². The fourth-order valence-electron chi connectivity index (χ4n) is 6.32. The van der Waals surface area contributed by atoms with Gasteiger partial charge in [0.15, 0.2) is 5.69 Å². The molecule has 0 aromatic carbocycles. The highest BCUT2D eigenvalue weighted by molar-refractivity contribution is 6.01. The number of fused-ring (bicyclic) bond motifs is 1. The first-order valence-corrected chi connectivity index (χ1v) is 13.6. The first-order chi connectivity index (χ1) is 16.9. The Morgan fingerprint density at radius 3 is 2.26 bits per heavy atom. The largest absolute Gasteiger partial charge is 0.351 e. The molecule has 9 heteroatoms. The third kappa shape index (κ3) is 4.71. The molecule has 3 amide bonds. The Bertz CT molecular complexity index is 956. The van der Waals surface area contributed by atoms with Gasteiger partial charge in [0.1, 0.15) is 11.2 Å². The van der Waals surface area contributed by atoms with Crippen molar-refractivity contribution in [3.63, 3.8) is 0 Å². The van der Waals surface area contributed by atoms with Gasteiger partial charge in [-0.05, 0) is 32.6 Å². The van der Waals surface area contributed by atoms with E-state index >= 15 is 0 Å². The van der Waals surface area contributed by atoms with Crippen LogP contribution < -0.4 is 5.32 Å². The highest BCUT2D eigenvalue weighted by atomic mass is 16.2. The van der Waals surface area contributed by atoms with Gasteiger partial charge in [-0.1, -0.05) is 38.5 Å². The molecule has 5 rings (SSSR count). The number of piperazine rings is 1. The summed E-state index contributed by atoms with van der Waals surface area (Å²) in [6.45, 7) is 5.20. The number of rotatable bonds is 4. The second-order valence-electron chi connectivity index (χ2n) is 11.1. The standard InChI is InChI=1S/C26H40N6O3/c1-26(25(35)27-19-9-5-3-6-10-19)18-32-22(24(34)29(26)2)17-21(28-32)23(33)31-15-13-30(14-16-31)20-11-7-4-8-12-20/h17,19-20H,3-16,18H2,1-2H3,(H,27,35)/t26-/m0/s1. The zero-order valence-corrected chi connectivity index (χ0v) is 21.3. The van der Waals surface area contributed by atoms with Crippen LogP contribution in [0.1, 0.15) is 92.1 Å². The lowest BCUT2D eigenvalue weighted by molar-refractivity contribution is -0.133. The third-order valence-electron chi connectivity index (χ3n) is 8.84. The maximum atomic E-state index is 13.3. The average Bonchev–Trinajstić information content (AvgIpc) is 3.32. The minimum absolute atomic E-state index is 0.126. The summed E-state index contributed by atoms with van der Waals surface area (Å²) in [5, 5.41) is 7.70. The summed E-state index contributed by atoms with van der Waals surface area (Å²) in [5.41, 5.74) is -0.371. The zero-order valence-electron chi connectivity index (χ0n) is 21.3. The number of nitrogens with zero attached hydrogens (tertiary/aromatic N) is 5. The predicted octanol–water partition coefficient (Wildman–Crippen LogP) is 2.27. The van der Waals surface area contributed by atoms with Crippen LogP contribution in [0.4, 0.5) is 0 Å². The van der Waals surface area contributed by atoms with Crippen molar-refractivity contribution in [1.82, 2.24) is 29.8 Å². The second-order valence-corrected chi connectivity index (χ2v) is 11.1. The topological polar surface area (TPSA) is 90.8 Å². The zero-order chi connectivity index (χ0) is 24.6. The van der Waals surface area contributed by atoms with E-state index in [1.807, 2.05) is 4.90 Å². The average molecular weight is 485 g/mol. The van der Waals surface area contributed by atoms with E-state index in [0.29, 0.717) is 30.5 Å². The van der Waals surface area contributed by atoms with Crippen molar-refractivity contribution in [1.29, 1.82) is 0 Å². The molecule has 2 aliphatic heterocycles. The number of likely N-dealkylation sites (N-methyl/N-ethyl adjacent to an activating group) is 1. The predicted molar refractivity (Wildman–Crippen MR) is 132 cm³/mol. The van der Waals surface area contributed by atoms with Crippen LogP contribution in [0, 0.1) is 0 Å². The summed E-state index contributed by atoms with van der Waals surface area (Å²) in [6, 6.07) is 2.43. The van der Waals surface area contributed by atoms with Crippen LogP contribution in [0.5, 0.6) is 0 Å². The van der Waals surface area contributed by atoms with Crippen molar-refractivity contribution in [3.05, 3.63) is 17.5 Å². The van der Waals surface area contributed by atoms with E-state index in [9.17, 15) is 14.4 Å². The van der Waals surface area contributed by atoms with Gasteiger partial charge in [-0.2, -0.15) is 5.10 Å². The van der Waals surface area contributed by atoms with Crippen molar-refractivity contribution < 1.29 is 14.4 Å². The Morgan fingerprint density at radius 2 is 1.60 bits per heavy atom. The van der Waals surface area contributed by atoms with Gasteiger partial charge in [-0.3, -0.25) is 24.0 Å². The van der Waals surface area contributed by atoms with Gasteiger partial charge >= 0.3 is 0 Å². The first-order valence-electron chi connectivity index (χ1n) is 13.6. The van der Waals surface area contributed by atoms with Gasteiger partial charge in [-0.25, -0.2) is 0 Å². The maximum absolute atomic E-state index is 13.3. The van der Waals surface area contributed by atoms with Gasteiger partial charge in [0.2, 0.25) is 5.91 Å². The van der Waals surface area contributed by atoms with Crippen LogP contribution >= 0.6 is 0 Å². The Morgan fingerprint density at radius 1 is 0.971 bits per heavy atom. The van der Waals surface area contributed by atoms with E-state index in [-0.39, 0.29) is 30.3 Å². The van der Waals surface area contributed by atoms with Crippen molar-refractivity contribution in [3.8, 4) is 0 Å². The number of hydrogen-bond acceptors (Lipinski definition) is 5. The Hall–Kier alpha value is -2.42. The molecule has 1 aromatic rings. The van der Waals surface area contributed by atoms with E-state index in [4.69, 9.17) is 0 Å². The summed E-state index contributed by atoms with van der Waals surface area (Å²) in [5.74, 6) is -0.543. The van der Waals surface area contributed by atoms with Crippen LogP contribution in [-0.2, 0) is 11.3 Å². The molecule has 2 aliphatic carbocycles. The summed E-state index contributed by atoms with van der Waals surface area (Å²) in [7, 11) is 1.67. The fourth-order valence-corrected chi connectivity index (χ4v) is 6.32. The molecule has 9 nitrogen and oxygen atoms in total. The molecule has 2 saturated carbocycles. The lowest BCUT2D eigenvalue weighted by atomic mass is 9.92. The molecule has 0 spiro atoms. The fraction of sp³-hybridized carbons (Fsp3) is 0.769. The van der Waals surface area contributed by atoms with E-state index in [1.165, 1.54) is 43.4 Å². The summed E-state index contributed by atoms with van der Waals surface area (Å²) >= 11 is 0. The normalized spacial score (nSPS) is 27.1. The Balaban J connectivity index is 1.25. The molecule has 1 atom stereocenters. The van der Waals surface area contributed by atoms with E-state index in [1.54, 1.807) is 24.7 Å². The number of carbonyl (C=O) groups is 3. The SMILES string of the molecule is CN1C(=O)c2cc(C(=O)N3CCN(C4CCCCC4)CC3)nn2C[C@@]1(C)C(=O)NC1CCCCC1. The smallest absolute Gasteiger partial charge is 0.274 e. The number of aromatic nitrogens is 2. The van der Waals surface area contributed by atoms with Gasteiger partial charge in [-0.15, -0.1) is 0 Å². The third-order valence-corrected chi connectivity index (χ3v) is 8.84. The highest BCUT2D eigenvalue weighted by Crippen LogP contribution is 2.28.